The maximum atomic E-state index is 5.71. The molecule has 1 aromatic rings. The molecule has 1 aromatic carbocycles. The van der Waals surface area contributed by atoms with Gasteiger partial charge in [-0.1, -0.05) is 36.8 Å². The zero-order valence-electron chi connectivity index (χ0n) is 12.6. The second-order valence-corrected chi connectivity index (χ2v) is 4.64. The van der Waals surface area contributed by atoms with Crippen LogP contribution in [0.1, 0.15) is 31.9 Å². The minimum Gasteiger partial charge on any atom is -0.351 e. The standard InChI is InChI=1S/C16H27NO2/c1-5-17-15(16(18-6-2)19-7-3)12-14-10-8-9-13(4)11-14/h8-11,15-17H,5-7,12H2,1-4H3. The lowest BCUT2D eigenvalue weighted by atomic mass is 10.0. The molecule has 0 spiro atoms. The molecule has 0 heterocycles. The fourth-order valence-corrected chi connectivity index (χ4v) is 2.23. The van der Waals surface area contributed by atoms with Gasteiger partial charge >= 0.3 is 0 Å². The summed E-state index contributed by atoms with van der Waals surface area (Å²) in [5.41, 5.74) is 2.60. The monoisotopic (exact) mass is 265 g/mol. The largest absolute Gasteiger partial charge is 0.351 e. The predicted molar refractivity (Wildman–Crippen MR) is 79.4 cm³/mol. The Morgan fingerprint density at radius 1 is 1.11 bits per heavy atom. The van der Waals surface area contributed by atoms with Gasteiger partial charge in [-0.25, -0.2) is 0 Å². The van der Waals surface area contributed by atoms with E-state index in [-0.39, 0.29) is 12.3 Å². The van der Waals surface area contributed by atoms with Crippen LogP contribution in [0.4, 0.5) is 0 Å². The Balaban J connectivity index is 2.74. The molecule has 19 heavy (non-hydrogen) atoms. The van der Waals surface area contributed by atoms with Gasteiger partial charge in [0.1, 0.15) is 0 Å². The van der Waals surface area contributed by atoms with Gasteiger partial charge in [0, 0.05) is 13.2 Å². The van der Waals surface area contributed by atoms with Gasteiger partial charge in [0.25, 0.3) is 0 Å². The van der Waals surface area contributed by atoms with Crippen molar-refractivity contribution in [2.45, 2.75) is 46.4 Å². The van der Waals surface area contributed by atoms with Crippen LogP contribution in [0.25, 0.3) is 0 Å². The maximum absolute atomic E-state index is 5.71. The summed E-state index contributed by atoms with van der Waals surface area (Å²) in [6.45, 7) is 10.5. The zero-order valence-corrected chi connectivity index (χ0v) is 12.6. The molecule has 0 fully saturated rings. The van der Waals surface area contributed by atoms with E-state index < -0.39 is 0 Å². The van der Waals surface area contributed by atoms with E-state index in [1.54, 1.807) is 0 Å². The van der Waals surface area contributed by atoms with Crippen molar-refractivity contribution in [3.8, 4) is 0 Å². The first-order chi connectivity index (χ1) is 9.21. The summed E-state index contributed by atoms with van der Waals surface area (Å²) >= 11 is 0. The number of aryl methyl sites for hydroxylation is 1. The summed E-state index contributed by atoms with van der Waals surface area (Å²) in [7, 11) is 0. The lowest BCUT2D eigenvalue weighted by Crippen LogP contribution is -2.44. The quantitative estimate of drug-likeness (QED) is 0.696. The van der Waals surface area contributed by atoms with Crippen LogP contribution in [0.3, 0.4) is 0 Å². The van der Waals surface area contributed by atoms with Crippen molar-refractivity contribution in [2.24, 2.45) is 0 Å². The highest BCUT2D eigenvalue weighted by Crippen LogP contribution is 2.12. The molecule has 3 nitrogen and oxygen atoms in total. The van der Waals surface area contributed by atoms with Crippen molar-refractivity contribution in [1.29, 1.82) is 0 Å². The average Bonchev–Trinajstić information content (AvgIpc) is 2.38. The van der Waals surface area contributed by atoms with Crippen LogP contribution in [0, 0.1) is 6.92 Å². The van der Waals surface area contributed by atoms with Crippen LogP contribution < -0.4 is 5.32 Å². The molecular weight excluding hydrogens is 238 g/mol. The number of benzene rings is 1. The van der Waals surface area contributed by atoms with Crippen LogP contribution in [0.5, 0.6) is 0 Å². The van der Waals surface area contributed by atoms with E-state index in [2.05, 4.69) is 43.4 Å². The number of hydrogen-bond acceptors (Lipinski definition) is 3. The van der Waals surface area contributed by atoms with E-state index in [1.165, 1.54) is 11.1 Å². The summed E-state index contributed by atoms with van der Waals surface area (Å²) in [5.74, 6) is 0. The number of rotatable bonds is 9. The van der Waals surface area contributed by atoms with Crippen LogP contribution in [0.15, 0.2) is 24.3 Å². The minimum atomic E-state index is -0.185. The molecule has 0 saturated heterocycles. The number of likely N-dealkylation sites (N-methyl/N-ethyl adjacent to an activating group) is 1. The van der Waals surface area contributed by atoms with Gasteiger partial charge in [0.15, 0.2) is 6.29 Å². The van der Waals surface area contributed by atoms with Gasteiger partial charge in [-0.05, 0) is 39.3 Å². The Morgan fingerprint density at radius 3 is 2.32 bits per heavy atom. The average molecular weight is 265 g/mol. The molecule has 0 aliphatic heterocycles. The van der Waals surface area contributed by atoms with Crippen LogP contribution in [-0.2, 0) is 15.9 Å². The van der Waals surface area contributed by atoms with Crippen LogP contribution in [0.2, 0.25) is 0 Å². The molecule has 108 valence electrons. The van der Waals surface area contributed by atoms with Crippen molar-refractivity contribution < 1.29 is 9.47 Å². The first-order valence-electron chi connectivity index (χ1n) is 7.23. The lowest BCUT2D eigenvalue weighted by molar-refractivity contribution is -0.153. The Bertz CT molecular complexity index is 348. The van der Waals surface area contributed by atoms with Gasteiger partial charge in [-0.2, -0.15) is 0 Å². The first-order valence-corrected chi connectivity index (χ1v) is 7.23. The van der Waals surface area contributed by atoms with Gasteiger partial charge in [-0.15, -0.1) is 0 Å². The minimum absolute atomic E-state index is 0.185. The zero-order chi connectivity index (χ0) is 14.1. The van der Waals surface area contributed by atoms with E-state index in [4.69, 9.17) is 9.47 Å². The van der Waals surface area contributed by atoms with Crippen molar-refractivity contribution in [3.05, 3.63) is 35.4 Å². The number of ether oxygens (including phenoxy) is 2. The highest BCUT2D eigenvalue weighted by Gasteiger charge is 2.21. The summed E-state index contributed by atoms with van der Waals surface area (Å²) < 4.78 is 11.4. The molecule has 0 aliphatic rings. The normalized spacial score (nSPS) is 12.9. The molecule has 1 N–H and O–H groups in total. The Hall–Kier alpha value is -0.900. The summed E-state index contributed by atoms with van der Waals surface area (Å²) in [5, 5.41) is 3.47. The van der Waals surface area contributed by atoms with E-state index >= 15 is 0 Å². The molecular formula is C16H27NO2. The Kier molecular flexibility index (Phi) is 7.72. The van der Waals surface area contributed by atoms with E-state index in [1.807, 2.05) is 13.8 Å². The Labute approximate surface area is 117 Å². The Morgan fingerprint density at radius 2 is 1.79 bits per heavy atom. The molecule has 1 unspecified atom stereocenters. The van der Waals surface area contributed by atoms with E-state index in [0.717, 1.165) is 13.0 Å². The van der Waals surface area contributed by atoms with Gasteiger partial charge in [-0.3, -0.25) is 0 Å². The van der Waals surface area contributed by atoms with Crippen LogP contribution >= 0.6 is 0 Å². The molecule has 0 aromatic heterocycles. The molecule has 1 atom stereocenters. The summed E-state index contributed by atoms with van der Waals surface area (Å²) in [6.07, 6.45) is 0.732. The highest BCUT2D eigenvalue weighted by atomic mass is 16.7. The first kappa shape index (κ1) is 16.2. The van der Waals surface area contributed by atoms with Crippen molar-refractivity contribution >= 4 is 0 Å². The third kappa shape index (κ3) is 5.72. The highest BCUT2D eigenvalue weighted by molar-refractivity contribution is 5.23. The molecule has 1 rings (SSSR count). The lowest BCUT2D eigenvalue weighted by Gasteiger charge is -2.27. The van der Waals surface area contributed by atoms with Crippen molar-refractivity contribution in [3.63, 3.8) is 0 Å². The summed E-state index contributed by atoms with van der Waals surface area (Å²) in [4.78, 5) is 0. The number of nitrogens with one attached hydrogen (secondary N) is 1. The molecule has 0 radical (unpaired) electrons. The topological polar surface area (TPSA) is 30.5 Å². The maximum Gasteiger partial charge on any atom is 0.172 e. The molecule has 0 bridgehead atoms. The molecule has 0 amide bonds. The second-order valence-electron chi connectivity index (χ2n) is 4.64. The predicted octanol–water partition coefficient (Wildman–Crippen LogP) is 2.91. The second kappa shape index (κ2) is 9.08. The van der Waals surface area contributed by atoms with Gasteiger partial charge in [0.05, 0.1) is 6.04 Å². The fourth-order valence-electron chi connectivity index (χ4n) is 2.23. The third-order valence-corrected chi connectivity index (χ3v) is 2.99. The fraction of sp³-hybridized carbons (Fsp3) is 0.625. The summed E-state index contributed by atoms with van der Waals surface area (Å²) in [6, 6.07) is 8.79. The SMILES string of the molecule is CCNC(Cc1cccc(C)c1)C(OCC)OCC. The molecule has 0 saturated carbocycles. The van der Waals surface area contributed by atoms with Crippen molar-refractivity contribution in [2.75, 3.05) is 19.8 Å². The van der Waals surface area contributed by atoms with Gasteiger partial charge < -0.3 is 14.8 Å². The van der Waals surface area contributed by atoms with E-state index in [0.29, 0.717) is 13.2 Å². The van der Waals surface area contributed by atoms with Gasteiger partial charge in [0.2, 0.25) is 0 Å². The molecule has 0 aliphatic carbocycles. The van der Waals surface area contributed by atoms with E-state index in [9.17, 15) is 0 Å². The molecule has 3 heteroatoms. The van der Waals surface area contributed by atoms with Crippen LogP contribution in [-0.4, -0.2) is 32.1 Å². The van der Waals surface area contributed by atoms with Crippen molar-refractivity contribution in [1.82, 2.24) is 5.32 Å². The smallest absolute Gasteiger partial charge is 0.172 e. The third-order valence-electron chi connectivity index (χ3n) is 2.99. The number of hydrogen-bond donors (Lipinski definition) is 1.